The molecule has 1 aliphatic heterocycles. The molecular weight excluding hydrogens is 413 g/mol. The first kappa shape index (κ1) is 20.2. The van der Waals surface area contributed by atoms with Gasteiger partial charge in [-0.05, 0) is 60.1 Å². The third-order valence-corrected chi connectivity index (χ3v) is 5.56. The number of carbonyl (C=O) groups is 1. The van der Waals surface area contributed by atoms with Crippen LogP contribution in [0, 0.1) is 6.92 Å². The fourth-order valence-electron chi connectivity index (χ4n) is 3.30. The molecule has 1 atom stereocenters. The predicted molar refractivity (Wildman–Crippen MR) is 108 cm³/mol. The Balaban J connectivity index is 1.64. The molecule has 0 spiro atoms. The van der Waals surface area contributed by atoms with Gasteiger partial charge >= 0.3 is 6.18 Å². The van der Waals surface area contributed by atoms with Crippen molar-refractivity contribution in [2.45, 2.75) is 35.6 Å². The van der Waals surface area contributed by atoms with Crippen molar-refractivity contribution in [3.05, 3.63) is 71.5 Å². The van der Waals surface area contributed by atoms with Gasteiger partial charge in [0, 0.05) is 17.3 Å². The minimum atomic E-state index is -4.49. The van der Waals surface area contributed by atoms with Crippen LogP contribution in [0.25, 0.3) is 0 Å². The van der Waals surface area contributed by atoms with Crippen LogP contribution in [0.5, 0.6) is 0 Å². The van der Waals surface area contributed by atoms with Gasteiger partial charge in [-0.3, -0.25) is 4.79 Å². The molecule has 30 heavy (non-hydrogen) atoms. The van der Waals surface area contributed by atoms with E-state index in [0.29, 0.717) is 10.8 Å². The van der Waals surface area contributed by atoms with Crippen LogP contribution in [0.3, 0.4) is 0 Å². The summed E-state index contributed by atoms with van der Waals surface area (Å²) >= 11 is 1.39. The smallest absolute Gasteiger partial charge is 0.376 e. The van der Waals surface area contributed by atoms with Crippen LogP contribution in [0.15, 0.2) is 64.9 Å². The van der Waals surface area contributed by atoms with Gasteiger partial charge in [-0.1, -0.05) is 12.1 Å². The van der Waals surface area contributed by atoms with Gasteiger partial charge in [-0.15, -0.1) is 0 Å². The number of aromatic nitrogens is 2. The third kappa shape index (κ3) is 4.40. The molecular formula is C21H17F3N4OS. The van der Waals surface area contributed by atoms with Crippen LogP contribution in [-0.2, 0) is 11.0 Å². The van der Waals surface area contributed by atoms with Gasteiger partial charge in [-0.25, -0.2) is 9.97 Å². The number of amides is 1. The highest BCUT2D eigenvalue weighted by Crippen LogP contribution is 2.40. The van der Waals surface area contributed by atoms with E-state index in [2.05, 4.69) is 20.6 Å². The summed E-state index contributed by atoms with van der Waals surface area (Å²) in [5, 5.41) is 6.41. The highest BCUT2D eigenvalue weighted by atomic mass is 32.2. The molecule has 0 aliphatic carbocycles. The van der Waals surface area contributed by atoms with Crippen molar-refractivity contribution in [2.24, 2.45) is 0 Å². The van der Waals surface area contributed by atoms with Crippen molar-refractivity contribution in [1.29, 1.82) is 0 Å². The van der Waals surface area contributed by atoms with E-state index in [0.717, 1.165) is 16.5 Å². The summed E-state index contributed by atoms with van der Waals surface area (Å²) in [6.07, 6.45) is -1.08. The maximum atomic E-state index is 13.2. The number of hydrogen-bond donors (Lipinski definition) is 2. The molecule has 154 valence electrons. The Morgan fingerprint density at radius 3 is 2.57 bits per heavy atom. The quantitative estimate of drug-likeness (QED) is 0.541. The lowest BCUT2D eigenvalue weighted by molar-refractivity contribution is -0.138. The van der Waals surface area contributed by atoms with Gasteiger partial charge in [0.2, 0.25) is 5.91 Å². The number of carbonyl (C=O) groups excluding carboxylic acids is 1. The SMILES string of the molecule is Cc1cc2c(cc1C(F)(F)F)NC(=O)CC(c1cccc(Sc3ncccn3)c1)N2. The summed E-state index contributed by atoms with van der Waals surface area (Å²) in [7, 11) is 0. The Morgan fingerprint density at radius 2 is 1.83 bits per heavy atom. The number of benzene rings is 2. The number of hydrogen-bond acceptors (Lipinski definition) is 5. The Hall–Kier alpha value is -3.07. The van der Waals surface area contributed by atoms with Gasteiger partial charge in [0.25, 0.3) is 0 Å². The topological polar surface area (TPSA) is 66.9 Å². The van der Waals surface area contributed by atoms with Crippen LogP contribution < -0.4 is 10.6 Å². The molecule has 9 heteroatoms. The van der Waals surface area contributed by atoms with Crippen LogP contribution >= 0.6 is 11.8 Å². The van der Waals surface area contributed by atoms with Crippen LogP contribution in [0.4, 0.5) is 24.5 Å². The largest absolute Gasteiger partial charge is 0.416 e. The van der Waals surface area contributed by atoms with Crippen molar-refractivity contribution < 1.29 is 18.0 Å². The highest BCUT2D eigenvalue weighted by Gasteiger charge is 2.34. The first-order valence-corrected chi connectivity index (χ1v) is 9.94. The molecule has 4 rings (SSSR count). The Morgan fingerprint density at radius 1 is 1.07 bits per heavy atom. The standard InChI is InChI=1S/C21H17F3N4OS/c1-12-8-17-18(10-15(12)21(22,23)24)28-19(29)11-16(27-17)13-4-2-5-14(9-13)30-20-25-6-3-7-26-20/h2-10,16,27H,11H2,1H3,(H,28,29). The van der Waals surface area contributed by atoms with Crippen molar-refractivity contribution in [2.75, 3.05) is 10.6 Å². The van der Waals surface area contributed by atoms with E-state index < -0.39 is 11.7 Å². The monoisotopic (exact) mass is 430 g/mol. The number of rotatable bonds is 3. The van der Waals surface area contributed by atoms with Crippen molar-refractivity contribution in [3.8, 4) is 0 Å². The Bertz CT molecular complexity index is 1090. The second-order valence-electron chi connectivity index (χ2n) is 6.87. The zero-order valence-corrected chi connectivity index (χ0v) is 16.6. The normalized spacial score (nSPS) is 16.3. The predicted octanol–water partition coefficient (Wildman–Crippen LogP) is 5.45. The lowest BCUT2D eigenvalue weighted by atomic mass is 10.0. The average Bonchev–Trinajstić information content (AvgIpc) is 2.85. The number of aryl methyl sites for hydroxylation is 1. The van der Waals surface area contributed by atoms with Crippen LogP contribution in [0.2, 0.25) is 0 Å². The molecule has 1 unspecified atom stereocenters. The first-order valence-electron chi connectivity index (χ1n) is 9.12. The van der Waals surface area contributed by atoms with Gasteiger partial charge in [0.05, 0.1) is 29.4 Å². The van der Waals surface area contributed by atoms with Crippen LogP contribution in [-0.4, -0.2) is 15.9 Å². The van der Waals surface area contributed by atoms with Gasteiger partial charge in [0.1, 0.15) is 0 Å². The van der Waals surface area contributed by atoms with E-state index >= 15 is 0 Å². The molecule has 2 heterocycles. The molecule has 1 aliphatic rings. The molecule has 3 aromatic rings. The third-order valence-electron chi connectivity index (χ3n) is 4.67. The highest BCUT2D eigenvalue weighted by molar-refractivity contribution is 7.99. The molecule has 0 fully saturated rings. The zero-order chi connectivity index (χ0) is 21.3. The molecule has 0 radical (unpaired) electrons. The molecule has 0 bridgehead atoms. The fraction of sp³-hybridized carbons (Fsp3) is 0.190. The first-order chi connectivity index (χ1) is 14.3. The molecule has 0 saturated heterocycles. The lowest BCUT2D eigenvalue weighted by Gasteiger charge is -2.19. The van der Waals surface area contributed by atoms with Gasteiger partial charge in [0.15, 0.2) is 5.16 Å². The number of alkyl halides is 3. The number of halogens is 3. The van der Waals surface area contributed by atoms with Gasteiger partial charge in [-0.2, -0.15) is 13.2 Å². The fourth-order valence-corrected chi connectivity index (χ4v) is 4.08. The molecule has 1 amide bonds. The van der Waals surface area contributed by atoms with Crippen molar-refractivity contribution in [1.82, 2.24) is 9.97 Å². The van der Waals surface area contributed by atoms with Crippen LogP contribution in [0.1, 0.15) is 29.2 Å². The molecule has 2 N–H and O–H groups in total. The summed E-state index contributed by atoms with van der Waals surface area (Å²) in [6.45, 7) is 1.41. The summed E-state index contributed by atoms with van der Waals surface area (Å²) in [6, 6.07) is 11.3. The number of fused-ring (bicyclic) bond motifs is 1. The van der Waals surface area contributed by atoms with E-state index in [4.69, 9.17) is 0 Å². The summed E-state index contributed by atoms with van der Waals surface area (Å²) in [5.74, 6) is -0.354. The second kappa shape index (κ2) is 7.98. The zero-order valence-electron chi connectivity index (χ0n) is 15.8. The summed E-state index contributed by atoms with van der Waals surface area (Å²) in [4.78, 5) is 21.7. The molecule has 0 saturated carbocycles. The summed E-state index contributed by atoms with van der Waals surface area (Å²) < 4.78 is 39.7. The molecule has 1 aromatic heterocycles. The number of anilines is 2. The van der Waals surface area contributed by atoms with E-state index in [1.54, 1.807) is 18.5 Å². The maximum Gasteiger partial charge on any atom is 0.416 e. The average molecular weight is 430 g/mol. The van der Waals surface area contributed by atoms with E-state index in [1.165, 1.54) is 24.8 Å². The second-order valence-corrected chi connectivity index (χ2v) is 7.91. The Kier molecular flexibility index (Phi) is 5.38. The Labute approximate surface area is 175 Å². The van der Waals surface area contributed by atoms with E-state index in [-0.39, 0.29) is 29.6 Å². The number of nitrogens with one attached hydrogen (secondary N) is 2. The minimum absolute atomic E-state index is 0.0883. The minimum Gasteiger partial charge on any atom is -0.376 e. The summed E-state index contributed by atoms with van der Waals surface area (Å²) in [5.41, 5.74) is 0.762. The van der Waals surface area contributed by atoms with Crippen molar-refractivity contribution in [3.63, 3.8) is 0 Å². The van der Waals surface area contributed by atoms with Gasteiger partial charge < -0.3 is 10.6 Å². The maximum absolute atomic E-state index is 13.2. The lowest BCUT2D eigenvalue weighted by Crippen LogP contribution is -2.15. The van der Waals surface area contributed by atoms with E-state index in [1.807, 2.05) is 24.3 Å². The number of nitrogens with zero attached hydrogens (tertiary/aromatic N) is 2. The molecule has 5 nitrogen and oxygen atoms in total. The molecule has 2 aromatic carbocycles. The van der Waals surface area contributed by atoms with Crippen molar-refractivity contribution >= 4 is 29.0 Å². The van der Waals surface area contributed by atoms with E-state index in [9.17, 15) is 18.0 Å².